The molecule has 7 heteroatoms. The van der Waals surface area contributed by atoms with Crippen molar-refractivity contribution in [2.24, 2.45) is 0 Å². The first kappa shape index (κ1) is 19.0. The van der Waals surface area contributed by atoms with Crippen LogP contribution in [0.5, 0.6) is 0 Å². The van der Waals surface area contributed by atoms with Crippen LogP contribution in [0.25, 0.3) is 0 Å². The molecule has 0 amide bonds. The summed E-state index contributed by atoms with van der Waals surface area (Å²) in [5.74, 6) is 0. The predicted octanol–water partition coefficient (Wildman–Crippen LogP) is 2.97. The molecule has 122 valence electrons. The Bertz CT molecular complexity index is 563. The quantitative estimate of drug-likeness (QED) is 0.757. The molecular formula is C14H26N2O2S3. The maximum absolute atomic E-state index is 12.4. The van der Waals surface area contributed by atoms with E-state index in [-0.39, 0.29) is 4.75 Å². The van der Waals surface area contributed by atoms with Crippen molar-refractivity contribution in [1.29, 1.82) is 0 Å². The number of nitrogens with one attached hydrogen (secondary N) is 2. The fourth-order valence-corrected chi connectivity index (χ4v) is 4.71. The lowest BCUT2D eigenvalue weighted by atomic mass is 10.2. The first-order chi connectivity index (χ1) is 9.57. The molecule has 0 saturated heterocycles. The lowest BCUT2D eigenvalue weighted by molar-refractivity contribution is 0.570. The molecule has 0 fully saturated rings. The number of sulfonamides is 1. The highest BCUT2D eigenvalue weighted by molar-refractivity contribution is 8.00. The van der Waals surface area contributed by atoms with Crippen molar-refractivity contribution < 1.29 is 8.42 Å². The third-order valence-corrected chi connectivity index (χ3v) is 7.09. The third kappa shape index (κ3) is 5.90. The van der Waals surface area contributed by atoms with Crippen LogP contribution in [0, 0.1) is 6.92 Å². The molecule has 0 spiro atoms. The Balaban J connectivity index is 2.84. The van der Waals surface area contributed by atoms with Crippen LogP contribution in [0.1, 0.15) is 37.4 Å². The molecule has 0 aliphatic heterocycles. The lowest BCUT2D eigenvalue weighted by Crippen LogP contribution is -2.36. The summed E-state index contributed by atoms with van der Waals surface area (Å²) in [5, 5.41) is 3.31. The van der Waals surface area contributed by atoms with E-state index < -0.39 is 10.0 Å². The Morgan fingerprint density at radius 2 is 2.00 bits per heavy atom. The van der Waals surface area contributed by atoms with Gasteiger partial charge in [-0.2, -0.15) is 11.8 Å². The van der Waals surface area contributed by atoms with Gasteiger partial charge in [0.05, 0.1) is 4.90 Å². The number of hydrogen-bond donors (Lipinski definition) is 2. The van der Waals surface area contributed by atoms with Gasteiger partial charge in [0.2, 0.25) is 10.0 Å². The SMILES string of the molecule is CSC(C)(C)CNS(=O)(=O)c1cc(CNC(C)C)sc1C. The van der Waals surface area contributed by atoms with Gasteiger partial charge in [-0.3, -0.25) is 0 Å². The van der Waals surface area contributed by atoms with E-state index in [1.807, 2.05) is 27.0 Å². The fourth-order valence-electron chi connectivity index (χ4n) is 1.60. The maximum atomic E-state index is 12.4. The van der Waals surface area contributed by atoms with Crippen LogP contribution in [0.15, 0.2) is 11.0 Å². The van der Waals surface area contributed by atoms with Gasteiger partial charge >= 0.3 is 0 Å². The van der Waals surface area contributed by atoms with Crippen LogP contribution in [-0.4, -0.2) is 32.0 Å². The zero-order valence-electron chi connectivity index (χ0n) is 13.6. The molecule has 0 aliphatic carbocycles. The largest absolute Gasteiger partial charge is 0.310 e. The molecule has 0 aliphatic rings. The van der Waals surface area contributed by atoms with Crippen molar-refractivity contribution in [3.63, 3.8) is 0 Å². The van der Waals surface area contributed by atoms with Gasteiger partial charge in [-0.25, -0.2) is 13.1 Å². The van der Waals surface area contributed by atoms with Crippen molar-refractivity contribution in [2.75, 3.05) is 12.8 Å². The molecule has 1 rings (SSSR count). The molecule has 1 aromatic heterocycles. The second-order valence-electron chi connectivity index (χ2n) is 5.96. The first-order valence-electron chi connectivity index (χ1n) is 6.95. The molecule has 0 saturated carbocycles. The molecule has 1 heterocycles. The molecule has 0 unspecified atom stereocenters. The molecule has 21 heavy (non-hydrogen) atoms. The Hall–Kier alpha value is -0.0800. The molecule has 0 atom stereocenters. The minimum absolute atomic E-state index is 0.112. The fraction of sp³-hybridized carbons (Fsp3) is 0.714. The van der Waals surface area contributed by atoms with Crippen molar-refractivity contribution in [2.45, 2.75) is 56.8 Å². The zero-order valence-corrected chi connectivity index (χ0v) is 16.1. The van der Waals surface area contributed by atoms with Gasteiger partial charge in [0.1, 0.15) is 0 Å². The molecule has 0 aromatic carbocycles. The minimum Gasteiger partial charge on any atom is -0.310 e. The summed E-state index contributed by atoms with van der Waals surface area (Å²) in [7, 11) is -3.43. The first-order valence-corrected chi connectivity index (χ1v) is 10.5. The van der Waals surface area contributed by atoms with E-state index in [1.165, 1.54) is 11.3 Å². The smallest absolute Gasteiger partial charge is 0.241 e. The van der Waals surface area contributed by atoms with Gasteiger partial charge in [0, 0.05) is 33.6 Å². The van der Waals surface area contributed by atoms with Crippen LogP contribution in [-0.2, 0) is 16.6 Å². The van der Waals surface area contributed by atoms with E-state index in [4.69, 9.17) is 0 Å². The van der Waals surface area contributed by atoms with Crippen LogP contribution >= 0.6 is 23.1 Å². The molecule has 2 N–H and O–H groups in total. The molecule has 0 radical (unpaired) electrons. The zero-order chi connectivity index (χ0) is 16.3. The highest BCUT2D eigenvalue weighted by atomic mass is 32.2. The van der Waals surface area contributed by atoms with Crippen LogP contribution in [0.2, 0.25) is 0 Å². The monoisotopic (exact) mass is 350 g/mol. The topological polar surface area (TPSA) is 58.2 Å². The van der Waals surface area contributed by atoms with Gasteiger partial charge in [0.15, 0.2) is 0 Å². The number of rotatable bonds is 8. The number of thiophene rings is 1. The average Bonchev–Trinajstić information content (AvgIpc) is 2.76. The van der Waals surface area contributed by atoms with Gasteiger partial charge in [-0.1, -0.05) is 13.8 Å². The number of hydrogen-bond acceptors (Lipinski definition) is 5. The normalized spacial score (nSPS) is 13.1. The van der Waals surface area contributed by atoms with Crippen molar-refractivity contribution in [3.05, 3.63) is 15.8 Å². The van der Waals surface area contributed by atoms with Gasteiger partial charge < -0.3 is 5.32 Å². The standard InChI is InChI=1S/C14H26N2O2S3/c1-10(2)15-8-12-7-13(11(3)20-12)21(17,18)16-9-14(4,5)19-6/h7,10,15-16H,8-9H2,1-6H3. The van der Waals surface area contributed by atoms with E-state index >= 15 is 0 Å². The Morgan fingerprint density at radius 3 is 2.52 bits per heavy atom. The number of aryl methyl sites for hydroxylation is 1. The second-order valence-corrected chi connectivity index (χ2v) is 10.5. The van der Waals surface area contributed by atoms with E-state index in [1.54, 1.807) is 17.8 Å². The van der Waals surface area contributed by atoms with E-state index in [2.05, 4.69) is 23.9 Å². The van der Waals surface area contributed by atoms with Crippen LogP contribution in [0.3, 0.4) is 0 Å². The van der Waals surface area contributed by atoms with Crippen molar-refractivity contribution >= 4 is 33.1 Å². The van der Waals surface area contributed by atoms with Crippen molar-refractivity contribution in [3.8, 4) is 0 Å². The Labute approximate surface area is 137 Å². The summed E-state index contributed by atoms with van der Waals surface area (Å²) >= 11 is 3.18. The maximum Gasteiger partial charge on any atom is 0.241 e. The lowest BCUT2D eigenvalue weighted by Gasteiger charge is -2.22. The Kier molecular flexibility index (Phi) is 6.74. The van der Waals surface area contributed by atoms with Crippen LogP contribution < -0.4 is 10.0 Å². The second kappa shape index (κ2) is 7.46. The molecular weight excluding hydrogens is 324 g/mol. The Morgan fingerprint density at radius 1 is 1.38 bits per heavy atom. The van der Waals surface area contributed by atoms with Gasteiger partial charge in [-0.05, 0) is 33.1 Å². The van der Waals surface area contributed by atoms with Gasteiger partial charge in [-0.15, -0.1) is 11.3 Å². The number of thioether (sulfide) groups is 1. The summed E-state index contributed by atoms with van der Waals surface area (Å²) in [5.41, 5.74) is 0. The predicted molar refractivity (Wildman–Crippen MR) is 93.8 cm³/mol. The summed E-state index contributed by atoms with van der Waals surface area (Å²) in [6.45, 7) is 11.2. The van der Waals surface area contributed by atoms with E-state index in [0.29, 0.717) is 24.0 Å². The highest BCUT2D eigenvalue weighted by Crippen LogP contribution is 2.27. The summed E-state index contributed by atoms with van der Waals surface area (Å²) in [6, 6.07) is 2.16. The molecule has 1 aromatic rings. The molecule has 0 bridgehead atoms. The summed E-state index contributed by atoms with van der Waals surface area (Å²) in [4.78, 5) is 2.29. The van der Waals surface area contributed by atoms with E-state index in [0.717, 1.165) is 9.75 Å². The van der Waals surface area contributed by atoms with E-state index in [9.17, 15) is 8.42 Å². The van der Waals surface area contributed by atoms with Crippen molar-refractivity contribution in [1.82, 2.24) is 10.0 Å². The summed E-state index contributed by atoms with van der Waals surface area (Å²) in [6.07, 6.45) is 1.99. The average molecular weight is 351 g/mol. The minimum atomic E-state index is -3.43. The van der Waals surface area contributed by atoms with Gasteiger partial charge in [0.25, 0.3) is 0 Å². The summed E-state index contributed by atoms with van der Waals surface area (Å²) < 4.78 is 27.5. The highest BCUT2D eigenvalue weighted by Gasteiger charge is 2.24. The molecule has 4 nitrogen and oxygen atoms in total. The van der Waals surface area contributed by atoms with Crippen LogP contribution in [0.4, 0.5) is 0 Å². The third-order valence-electron chi connectivity index (χ3n) is 3.14.